The molecule has 1 aliphatic rings. The first-order valence-electron chi connectivity index (χ1n) is 12.8. The third-order valence-corrected chi connectivity index (χ3v) is 7.58. The number of benzene rings is 3. The molecule has 0 bridgehead atoms. The van der Waals surface area contributed by atoms with Gasteiger partial charge in [-0.3, -0.25) is 10.2 Å². The van der Waals surface area contributed by atoms with Crippen LogP contribution in [0.1, 0.15) is 17.5 Å². The highest BCUT2D eigenvalue weighted by Gasteiger charge is 2.39. The summed E-state index contributed by atoms with van der Waals surface area (Å²) in [6.07, 6.45) is -9.82. The number of anilines is 1. The number of likely N-dealkylation sites (tertiary alicyclic amines) is 1. The van der Waals surface area contributed by atoms with Gasteiger partial charge in [-0.25, -0.2) is 18.0 Å². The van der Waals surface area contributed by atoms with Gasteiger partial charge in [0.05, 0.1) is 12.0 Å². The number of amides is 1. The number of methoxy groups -OCH3 is 1. The molecule has 4 rings (SSSR count). The fraction of sp³-hybridized carbons (Fsp3) is 0.259. The van der Waals surface area contributed by atoms with Crippen LogP contribution in [0, 0.1) is 5.41 Å². The Hall–Kier alpha value is -5.11. The molecule has 20 heteroatoms. The van der Waals surface area contributed by atoms with E-state index in [9.17, 15) is 39.6 Å². The Bertz CT molecular complexity index is 1740. The van der Waals surface area contributed by atoms with Crippen LogP contribution in [0.4, 0.5) is 32.0 Å². The third-order valence-electron chi connectivity index (χ3n) is 6.11. The van der Waals surface area contributed by atoms with Crippen LogP contribution < -0.4 is 20.9 Å². The molecule has 3 aromatic rings. The van der Waals surface area contributed by atoms with E-state index in [1.54, 1.807) is 54.5 Å². The first-order valence-corrected chi connectivity index (χ1v) is 14.3. The zero-order valence-corrected chi connectivity index (χ0v) is 24.8. The molecule has 0 spiro atoms. The molecule has 1 aliphatic heterocycles. The monoisotopic (exact) mass is 695 g/mol. The number of amidine groups is 1. The molecule has 0 saturated carbocycles. The van der Waals surface area contributed by atoms with Gasteiger partial charge < -0.3 is 31.3 Å². The number of aliphatic carboxylic acids is 2. The number of hydrogen-bond donors (Lipinski definition) is 6. The molecule has 47 heavy (non-hydrogen) atoms. The van der Waals surface area contributed by atoms with Gasteiger partial charge in [0.15, 0.2) is 0 Å². The summed E-state index contributed by atoms with van der Waals surface area (Å²) in [5, 5.41) is 23.4. The quantitative estimate of drug-likeness (QED) is 0.0917. The molecule has 0 radical (unpaired) electrons. The fourth-order valence-corrected chi connectivity index (χ4v) is 5.20. The number of halogens is 6. The zero-order valence-electron chi connectivity index (χ0n) is 24.0. The summed E-state index contributed by atoms with van der Waals surface area (Å²) in [4.78, 5) is 32.3. The van der Waals surface area contributed by atoms with E-state index in [-0.39, 0.29) is 23.2 Å². The van der Waals surface area contributed by atoms with Crippen molar-refractivity contribution >= 4 is 50.2 Å². The van der Waals surface area contributed by atoms with Crippen LogP contribution in [0.25, 0.3) is 10.8 Å². The number of nitrogens with two attached hydrogens (primary N) is 2. The van der Waals surface area contributed by atoms with Crippen LogP contribution in [0.2, 0.25) is 0 Å². The summed E-state index contributed by atoms with van der Waals surface area (Å²) in [7, 11) is -2.36. The summed E-state index contributed by atoms with van der Waals surface area (Å²) in [5.41, 5.74) is 13.1. The molecule has 13 nitrogen and oxygen atoms in total. The molecule has 1 fully saturated rings. The number of sulfonamides is 1. The Morgan fingerprint density at radius 2 is 1.53 bits per heavy atom. The van der Waals surface area contributed by atoms with Crippen molar-refractivity contribution in [2.75, 3.05) is 19.4 Å². The molecular formula is C27H27F6N5O8S. The van der Waals surface area contributed by atoms with Gasteiger partial charge in [0.2, 0.25) is 15.9 Å². The number of nitrogens with zero attached hydrogens (tertiary/aromatic N) is 1. The number of nitrogen functional groups attached to an aromatic ring is 2. The summed E-state index contributed by atoms with van der Waals surface area (Å²) < 4.78 is 97.2. The van der Waals surface area contributed by atoms with Crippen LogP contribution in [0.15, 0.2) is 59.5 Å². The van der Waals surface area contributed by atoms with Gasteiger partial charge >= 0.3 is 24.3 Å². The van der Waals surface area contributed by atoms with E-state index in [4.69, 9.17) is 41.4 Å². The molecule has 1 heterocycles. The summed E-state index contributed by atoms with van der Waals surface area (Å²) in [6.45, 7) is 0.642. The lowest BCUT2D eigenvalue weighted by atomic mass is 10.1. The van der Waals surface area contributed by atoms with Crippen LogP contribution >= 0.6 is 0 Å². The highest BCUT2D eigenvalue weighted by Crippen LogP contribution is 2.25. The second kappa shape index (κ2) is 15.0. The number of carbonyl (C=O) groups is 3. The summed E-state index contributed by atoms with van der Waals surface area (Å²) in [6, 6.07) is 14.4. The fourth-order valence-electron chi connectivity index (χ4n) is 3.94. The van der Waals surface area contributed by atoms with Crippen molar-refractivity contribution in [3.8, 4) is 5.75 Å². The number of hydrogen-bond acceptors (Lipinski definition) is 8. The largest absolute Gasteiger partial charge is 0.497 e. The van der Waals surface area contributed by atoms with Crippen molar-refractivity contribution in [2.45, 2.75) is 36.3 Å². The number of fused-ring (bicyclic) bond motifs is 1. The average molecular weight is 696 g/mol. The minimum atomic E-state index is -5.08. The lowest BCUT2D eigenvalue weighted by molar-refractivity contribution is -0.193. The van der Waals surface area contributed by atoms with E-state index in [0.29, 0.717) is 30.0 Å². The van der Waals surface area contributed by atoms with Gasteiger partial charge in [0.25, 0.3) is 0 Å². The predicted molar refractivity (Wildman–Crippen MR) is 154 cm³/mol. The van der Waals surface area contributed by atoms with Crippen molar-refractivity contribution < 1.29 is 64.1 Å². The SMILES string of the molecule is COc1ccc2ccc(S(=O)(=O)N[C@H]3CCN(Cc4cc(N)cc(C(=N)N)c4)C3=O)cc2c1.O=C(O)C(F)(F)F.O=C(O)C(F)(F)F. The number of ether oxygens (including phenoxy) is 1. The standard InChI is InChI=1S/C23H25N5O4S.2C2HF3O2/c1-32-19-4-2-15-3-5-20(12-16(15)11-19)33(30,31)27-21-6-7-28(23(21)29)13-14-8-17(22(25)26)10-18(24)9-14;2*3-2(4,5)1(6)7/h2-5,8-12,21,27H,6-7,13,24H2,1H3,(H3,25,26);2*(H,6,7)/t21-;;/m0../s1. The molecule has 1 atom stereocenters. The molecule has 0 aliphatic carbocycles. The Labute approximate surface area is 262 Å². The maximum atomic E-state index is 13.0. The van der Waals surface area contributed by atoms with Crippen LogP contribution in [0.5, 0.6) is 5.75 Å². The van der Waals surface area contributed by atoms with Crippen molar-refractivity contribution in [3.63, 3.8) is 0 Å². The summed E-state index contributed by atoms with van der Waals surface area (Å²) >= 11 is 0. The molecule has 3 aromatic carbocycles. The van der Waals surface area contributed by atoms with E-state index >= 15 is 0 Å². The number of alkyl halides is 6. The van der Waals surface area contributed by atoms with E-state index in [1.807, 2.05) is 6.07 Å². The van der Waals surface area contributed by atoms with Crippen LogP contribution in [-0.4, -0.2) is 79.3 Å². The molecule has 8 N–H and O–H groups in total. The normalized spacial score (nSPS) is 14.8. The summed E-state index contributed by atoms with van der Waals surface area (Å²) in [5.74, 6) is -5.32. The highest BCUT2D eigenvalue weighted by atomic mass is 32.2. The van der Waals surface area contributed by atoms with Crippen molar-refractivity contribution in [2.24, 2.45) is 5.73 Å². The first-order chi connectivity index (χ1) is 21.5. The molecule has 0 unspecified atom stereocenters. The second-order valence-electron chi connectivity index (χ2n) is 9.58. The Balaban J connectivity index is 0.000000459. The number of nitrogens with one attached hydrogen (secondary N) is 2. The van der Waals surface area contributed by atoms with Gasteiger partial charge in [-0.15, -0.1) is 0 Å². The number of carboxylic acids is 2. The lowest BCUT2D eigenvalue weighted by Gasteiger charge is -2.18. The minimum absolute atomic E-state index is 0.0800. The molecule has 1 saturated heterocycles. The van der Waals surface area contributed by atoms with Gasteiger partial charge in [0.1, 0.15) is 17.6 Å². The van der Waals surface area contributed by atoms with E-state index in [1.165, 1.54) is 6.07 Å². The zero-order chi connectivity index (χ0) is 35.9. The van der Waals surface area contributed by atoms with Crippen molar-refractivity contribution in [1.82, 2.24) is 9.62 Å². The van der Waals surface area contributed by atoms with Crippen LogP contribution in [-0.2, 0) is 31.0 Å². The molecule has 256 valence electrons. The lowest BCUT2D eigenvalue weighted by Crippen LogP contribution is -2.41. The van der Waals surface area contributed by atoms with Crippen LogP contribution in [0.3, 0.4) is 0 Å². The third kappa shape index (κ3) is 11.0. The van der Waals surface area contributed by atoms with E-state index in [0.717, 1.165) is 16.3 Å². The number of carbonyl (C=O) groups excluding carboxylic acids is 1. The smallest absolute Gasteiger partial charge is 0.490 e. The van der Waals surface area contributed by atoms with Crippen molar-refractivity contribution in [3.05, 3.63) is 65.7 Å². The predicted octanol–water partition coefficient (Wildman–Crippen LogP) is 3.06. The molecular weight excluding hydrogens is 668 g/mol. The van der Waals surface area contributed by atoms with Crippen molar-refractivity contribution in [1.29, 1.82) is 5.41 Å². The van der Waals surface area contributed by atoms with Gasteiger partial charge in [0, 0.05) is 24.3 Å². The second-order valence-corrected chi connectivity index (χ2v) is 11.3. The van der Waals surface area contributed by atoms with Gasteiger partial charge in [-0.2, -0.15) is 31.1 Å². The van der Waals surface area contributed by atoms with Gasteiger partial charge in [-0.05, 0) is 65.2 Å². The number of rotatable bonds is 7. The number of carboxylic acid groups (broad SMARTS) is 2. The van der Waals surface area contributed by atoms with E-state index < -0.39 is 40.4 Å². The maximum absolute atomic E-state index is 13.0. The molecule has 0 aromatic heterocycles. The Morgan fingerprint density at radius 1 is 0.979 bits per heavy atom. The maximum Gasteiger partial charge on any atom is 0.490 e. The Morgan fingerprint density at radius 3 is 2.04 bits per heavy atom. The minimum Gasteiger partial charge on any atom is -0.497 e. The van der Waals surface area contributed by atoms with E-state index in [2.05, 4.69) is 4.72 Å². The van der Waals surface area contributed by atoms with Gasteiger partial charge in [-0.1, -0.05) is 12.1 Å². The topological polar surface area (TPSA) is 226 Å². The molecule has 1 amide bonds. The Kier molecular flexibility index (Phi) is 12.1. The first kappa shape index (κ1) is 38.1. The highest BCUT2D eigenvalue weighted by molar-refractivity contribution is 7.89. The average Bonchev–Trinajstić information content (AvgIpc) is 3.29.